The minimum absolute atomic E-state index is 0.450. The molecule has 1 heterocycles. The lowest BCUT2D eigenvalue weighted by Gasteiger charge is -2.31. The van der Waals surface area contributed by atoms with Gasteiger partial charge in [-0.05, 0) is 115 Å². The van der Waals surface area contributed by atoms with Gasteiger partial charge in [0.25, 0.3) is 0 Å². The van der Waals surface area contributed by atoms with E-state index in [0.29, 0.717) is 17.2 Å². The number of nitrogens with zero attached hydrogens (tertiary/aromatic N) is 1. The molecular formula is C55H35NO2. The lowest BCUT2D eigenvalue weighted by molar-refractivity contribution is 0.359. The first kappa shape index (κ1) is 32.6. The largest absolute Gasteiger partial charge is 0.449 e. The Morgan fingerprint density at radius 1 is 0.276 bits per heavy atom. The Morgan fingerprint density at radius 3 is 1.21 bits per heavy atom. The van der Waals surface area contributed by atoms with E-state index < -0.39 is 5.41 Å². The summed E-state index contributed by atoms with van der Waals surface area (Å²) in [5, 5.41) is 0. The average molecular weight is 742 g/mol. The molecule has 0 unspecified atom stereocenters. The molecule has 12 rings (SSSR count). The van der Waals surface area contributed by atoms with Crippen molar-refractivity contribution < 1.29 is 9.47 Å². The predicted molar refractivity (Wildman–Crippen MR) is 235 cm³/mol. The average Bonchev–Trinajstić information content (AvgIpc) is 3.75. The second kappa shape index (κ2) is 12.7. The fourth-order valence-electron chi connectivity index (χ4n) is 9.61. The first-order chi connectivity index (χ1) is 28.7. The van der Waals surface area contributed by atoms with Crippen LogP contribution in [0.4, 0.5) is 17.1 Å². The smallest absolute Gasteiger partial charge is 0.172 e. The second-order valence-electron chi connectivity index (χ2n) is 15.2. The molecule has 2 aliphatic carbocycles. The van der Waals surface area contributed by atoms with Crippen molar-refractivity contribution in [3.8, 4) is 67.5 Å². The fourth-order valence-corrected chi connectivity index (χ4v) is 9.61. The van der Waals surface area contributed by atoms with Crippen LogP contribution in [0.25, 0.3) is 44.5 Å². The molecule has 1 aliphatic heterocycles. The van der Waals surface area contributed by atoms with Crippen LogP contribution < -0.4 is 14.4 Å². The van der Waals surface area contributed by atoms with Crippen LogP contribution in [-0.4, -0.2) is 0 Å². The molecule has 0 N–H and O–H groups in total. The molecule has 0 atom stereocenters. The number of hydrogen-bond donors (Lipinski definition) is 0. The summed E-state index contributed by atoms with van der Waals surface area (Å²) in [6.07, 6.45) is 0. The molecule has 0 radical (unpaired) electrons. The van der Waals surface area contributed by atoms with E-state index in [-0.39, 0.29) is 0 Å². The second-order valence-corrected chi connectivity index (χ2v) is 15.2. The van der Waals surface area contributed by atoms with Gasteiger partial charge in [-0.3, -0.25) is 0 Å². The summed E-state index contributed by atoms with van der Waals surface area (Å²) in [5.41, 5.74) is 17.4. The Kier molecular flexibility index (Phi) is 7.14. The van der Waals surface area contributed by atoms with Crippen molar-refractivity contribution in [1.82, 2.24) is 0 Å². The van der Waals surface area contributed by atoms with Crippen LogP contribution in [0.5, 0.6) is 23.0 Å². The molecular weight excluding hydrogens is 707 g/mol. The van der Waals surface area contributed by atoms with Crippen molar-refractivity contribution >= 4 is 17.1 Å². The third kappa shape index (κ3) is 4.80. The molecule has 3 heteroatoms. The molecule has 0 amide bonds. The van der Waals surface area contributed by atoms with E-state index in [1.807, 2.05) is 6.07 Å². The summed E-state index contributed by atoms with van der Waals surface area (Å²) in [6, 6.07) is 75.8. The molecule has 9 aromatic rings. The van der Waals surface area contributed by atoms with Crippen molar-refractivity contribution in [1.29, 1.82) is 0 Å². The van der Waals surface area contributed by atoms with Gasteiger partial charge >= 0.3 is 0 Å². The summed E-state index contributed by atoms with van der Waals surface area (Å²) >= 11 is 0. The van der Waals surface area contributed by atoms with E-state index in [1.54, 1.807) is 0 Å². The van der Waals surface area contributed by atoms with Gasteiger partial charge in [-0.15, -0.1) is 0 Å². The quantitative estimate of drug-likeness (QED) is 0.175. The van der Waals surface area contributed by atoms with E-state index in [4.69, 9.17) is 9.47 Å². The third-order valence-electron chi connectivity index (χ3n) is 12.2. The number of rotatable bonds is 5. The number of fused-ring (bicyclic) bond motifs is 12. The van der Waals surface area contributed by atoms with E-state index in [2.05, 4.69) is 211 Å². The van der Waals surface area contributed by atoms with Crippen LogP contribution in [0.2, 0.25) is 0 Å². The maximum atomic E-state index is 6.87. The summed E-state index contributed by atoms with van der Waals surface area (Å²) in [4.78, 5) is 2.28. The molecule has 0 fully saturated rings. The van der Waals surface area contributed by atoms with E-state index in [0.717, 1.165) is 22.8 Å². The molecule has 0 saturated carbocycles. The van der Waals surface area contributed by atoms with Gasteiger partial charge < -0.3 is 14.4 Å². The zero-order valence-electron chi connectivity index (χ0n) is 31.5. The normalized spacial score (nSPS) is 13.2. The predicted octanol–water partition coefficient (Wildman–Crippen LogP) is 14.7. The third-order valence-corrected chi connectivity index (χ3v) is 12.2. The maximum absolute atomic E-state index is 6.87. The van der Waals surface area contributed by atoms with Gasteiger partial charge in [-0.2, -0.15) is 0 Å². The first-order valence-electron chi connectivity index (χ1n) is 19.8. The van der Waals surface area contributed by atoms with Crippen molar-refractivity contribution in [2.45, 2.75) is 5.41 Å². The minimum atomic E-state index is -0.450. The van der Waals surface area contributed by atoms with Crippen molar-refractivity contribution in [3.05, 3.63) is 235 Å². The lowest BCUT2D eigenvalue weighted by Crippen LogP contribution is -2.25. The van der Waals surface area contributed by atoms with E-state index in [1.165, 1.54) is 66.8 Å². The van der Waals surface area contributed by atoms with Crippen LogP contribution in [0.15, 0.2) is 212 Å². The van der Waals surface area contributed by atoms with Crippen LogP contribution in [0.1, 0.15) is 22.3 Å². The van der Waals surface area contributed by atoms with Gasteiger partial charge in [-0.1, -0.05) is 158 Å². The summed E-state index contributed by atoms with van der Waals surface area (Å²) in [5.74, 6) is 2.79. The highest BCUT2D eigenvalue weighted by atomic mass is 16.6. The van der Waals surface area contributed by atoms with Gasteiger partial charge in [0.2, 0.25) is 0 Å². The molecule has 0 saturated heterocycles. The molecule has 0 bridgehead atoms. The Hall–Kier alpha value is -7.62. The van der Waals surface area contributed by atoms with Crippen LogP contribution in [-0.2, 0) is 5.41 Å². The topological polar surface area (TPSA) is 21.7 Å². The van der Waals surface area contributed by atoms with Gasteiger partial charge in [0, 0.05) is 17.4 Å². The summed E-state index contributed by atoms with van der Waals surface area (Å²) < 4.78 is 13.7. The monoisotopic (exact) mass is 741 g/mol. The Balaban J connectivity index is 0.960. The number of anilines is 3. The summed E-state index contributed by atoms with van der Waals surface area (Å²) in [6.45, 7) is 0. The highest BCUT2D eigenvalue weighted by molar-refractivity contribution is 5.96. The Bertz CT molecular complexity index is 2910. The van der Waals surface area contributed by atoms with Gasteiger partial charge in [0.15, 0.2) is 23.0 Å². The first-order valence-corrected chi connectivity index (χ1v) is 19.8. The van der Waals surface area contributed by atoms with E-state index >= 15 is 0 Å². The number of hydrogen-bond acceptors (Lipinski definition) is 3. The van der Waals surface area contributed by atoms with Crippen LogP contribution >= 0.6 is 0 Å². The van der Waals surface area contributed by atoms with Gasteiger partial charge in [0.1, 0.15) is 0 Å². The van der Waals surface area contributed by atoms with Gasteiger partial charge in [0.05, 0.1) is 11.1 Å². The van der Waals surface area contributed by atoms with E-state index in [9.17, 15) is 0 Å². The lowest BCUT2D eigenvalue weighted by atomic mass is 9.70. The molecule has 3 nitrogen and oxygen atoms in total. The molecule has 58 heavy (non-hydrogen) atoms. The molecule has 272 valence electrons. The zero-order valence-corrected chi connectivity index (χ0v) is 31.5. The molecule has 9 aromatic carbocycles. The minimum Gasteiger partial charge on any atom is -0.449 e. The van der Waals surface area contributed by atoms with Crippen molar-refractivity contribution in [2.24, 2.45) is 0 Å². The highest BCUT2D eigenvalue weighted by Gasteiger charge is 2.52. The fraction of sp³-hybridized carbons (Fsp3) is 0.0182. The van der Waals surface area contributed by atoms with Crippen LogP contribution in [0, 0.1) is 0 Å². The van der Waals surface area contributed by atoms with Crippen molar-refractivity contribution in [3.63, 3.8) is 0 Å². The zero-order chi connectivity index (χ0) is 38.2. The number of benzene rings is 9. The molecule has 3 aliphatic rings. The molecule has 1 spiro atoms. The Labute approximate surface area is 337 Å². The Morgan fingerprint density at radius 2 is 0.672 bits per heavy atom. The maximum Gasteiger partial charge on any atom is 0.172 e. The van der Waals surface area contributed by atoms with Gasteiger partial charge in [-0.25, -0.2) is 0 Å². The standard InChI is InChI=1S/C55H35NO2/c1-3-13-36(14-4-1)38-23-27-40(28-24-38)56(41-29-25-39(26-30-41)37-15-5-2-6-16-37)42-31-32-51-52(33-42)58-53-34-46-45-19-9-12-22-49(45)55(50(46)35-54(53)57-51)47-20-10-7-17-43(47)44-18-8-11-21-48(44)55/h1-35H. The summed E-state index contributed by atoms with van der Waals surface area (Å²) in [7, 11) is 0. The van der Waals surface area contributed by atoms with Crippen molar-refractivity contribution in [2.75, 3.05) is 4.90 Å². The highest BCUT2D eigenvalue weighted by Crippen LogP contribution is 2.64. The molecule has 0 aromatic heterocycles. The SMILES string of the molecule is c1ccc(-c2ccc(N(c3ccc(-c4ccccc4)cc3)c3ccc4c(c3)Oc3cc5c(cc3O4)C3(c4ccccc4-c4ccccc43)c3ccccc3-5)cc2)cc1. The van der Waals surface area contributed by atoms with Crippen LogP contribution in [0.3, 0.4) is 0 Å². The number of ether oxygens (including phenoxy) is 2.